The average molecular weight is 319 g/mol. The highest BCUT2D eigenvalue weighted by atomic mass is 32.2. The lowest BCUT2D eigenvalue weighted by atomic mass is 10.1. The number of nitrogens with one attached hydrogen (secondary N) is 1. The van der Waals surface area contributed by atoms with E-state index >= 15 is 0 Å². The number of rotatable bonds is 4. The van der Waals surface area contributed by atoms with Crippen LogP contribution >= 0.6 is 11.8 Å². The largest absolute Gasteiger partial charge is 0.322 e. The third-order valence-electron chi connectivity index (χ3n) is 4.63. The first-order valence-electron chi connectivity index (χ1n) is 8.10. The normalized spacial score (nSPS) is 20.7. The quantitative estimate of drug-likeness (QED) is 0.923. The SMILES string of the molecule is CS[C@H](C)c1cccc(NC(=O)N2CCN(C3CC3)CC2)c1. The van der Waals surface area contributed by atoms with E-state index in [2.05, 4.69) is 35.5 Å². The number of carbonyl (C=O) groups is 1. The van der Waals surface area contributed by atoms with E-state index in [4.69, 9.17) is 0 Å². The first-order chi connectivity index (χ1) is 10.7. The molecule has 3 rings (SSSR count). The smallest absolute Gasteiger partial charge is 0.321 e. The van der Waals surface area contributed by atoms with Crippen LogP contribution in [0.3, 0.4) is 0 Å². The van der Waals surface area contributed by atoms with Crippen LogP contribution in [0.25, 0.3) is 0 Å². The molecule has 1 saturated carbocycles. The number of urea groups is 1. The van der Waals surface area contributed by atoms with Crippen LogP contribution in [0.5, 0.6) is 0 Å². The number of carbonyl (C=O) groups excluding carboxylic acids is 1. The lowest BCUT2D eigenvalue weighted by Crippen LogP contribution is -2.50. The second kappa shape index (κ2) is 6.92. The molecule has 0 radical (unpaired) electrons. The van der Waals surface area contributed by atoms with Crippen LogP contribution in [0.1, 0.15) is 30.6 Å². The van der Waals surface area contributed by atoms with Gasteiger partial charge in [0.05, 0.1) is 0 Å². The van der Waals surface area contributed by atoms with Crippen molar-refractivity contribution < 1.29 is 4.79 Å². The van der Waals surface area contributed by atoms with Gasteiger partial charge in [-0.15, -0.1) is 0 Å². The van der Waals surface area contributed by atoms with Crippen molar-refractivity contribution >= 4 is 23.5 Å². The fraction of sp³-hybridized carbons (Fsp3) is 0.588. The minimum absolute atomic E-state index is 0.0319. The van der Waals surface area contributed by atoms with E-state index in [9.17, 15) is 4.79 Å². The van der Waals surface area contributed by atoms with E-state index in [-0.39, 0.29) is 6.03 Å². The maximum Gasteiger partial charge on any atom is 0.321 e. The Morgan fingerprint density at radius 2 is 2.00 bits per heavy atom. The number of hydrogen-bond donors (Lipinski definition) is 1. The molecule has 1 atom stereocenters. The Balaban J connectivity index is 1.55. The van der Waals surface area contributed by atoms with Crippen LogP contribution in [-0.4, -0.2) is 54.3 Å². The molecule has 1 aromatic rings. The fourth-order valence-electron chi connectivity index (χ4n) is 2.94. The van der Waals surface area contributed by atoms with Gasteiger partial charge < -0.3 is 10.2 Å². The zero-order chi connectivity index (χ0) is 15.5. The Morgan fingerprint density at radius 1 is 1.27 bits per heavy atom. The summed E-state index contributed by atoms with van der Waals surface area (Å²) in [5.74, 6) is 0. The average Bonchev–Trinajstić information content (AvgIpc) is 3.39. The summed E-state index contributed by atoms with van der Waals surface area (Å²) in [6, 6.07) is 9.02. The van der Waals surface area contributed by atoms with Gasteiger partial charge in [0.15, 0.2) is 0 Å². The number of piperazine rings is 1. The van der Waals surface area contributed by atoms with Crippen molar-refractivity contribution in [3.63, 3.8) is 0 Å². The summed E-state index contributed by atoms with van der Waals surface area (Å²) >= 11 is 1.81. The maximum absolute atomic E-state index is 12.4. The minimum Gasteiger partial charge on any atom is -0.322 e. The van der Waals surface area contributed by atoms with E-state index in [0.29, 0.717) is 5.25 Å². The van der Waals surface area contributed by atoms with Crippen molar-refractivity contribution in [2.24, 2.45) is 0 Å². The number of anilines is 1. The zero-order valence-corrected chi connectivity index (χ0v) is 14.2. The van der Waals surface area contributed by atoms with Gasteiger partial charge in [0.25, 0.3) is 0 Å². The first-order valence-corrected chi connectivity index (χ1v) is 9.39. The van der Waals surface area contributed by atoms with Crippen molar-refractivity contribution in [1.82, 2.24) is 9.80 Å². The molecule has 5 heteroatoms. The lowest BCUT2D eigenvalue weighted by molar-refractivity contribution is 0.142. The minimum atomic E-state index is 0.0319. The molecule has 0 unspecified atom stereocenters. The Labute approximate surface area is 137 Å². The van der Waals surface area contributed by atoms with Crippen molar-refractivity contribution in [2.45, 2.75) is 31.1 Å². The number of benzene rings is 1. The Morgan fingerprint density at radius 3 is 2.64 bits per heavy atom. The molecule has 1 aliphatic heterocycles. The van der Waals surface area contributed by atoms with Gasteiger partial charge >= 0.3 is 6.03 Å². The standard InChI is InChI=1S/C17H25N3OS/c1-13(22-2)14-4-3-5-15(12-14)18-17(21)20-10-8-19(9-11-20)16-6-7-16/h3-5,12-13,16H,6-11H2,1-2H3,(H,18,21)/t13-/m1/s1. The molecule has 22 heavy (non-hydrogen) atoms. The molecule has 1 saturated heterocycles. The van der Waals surface area contributed by atoms with Gasteiger partial charge in [-0.2, -0.15) is 11.8 Å². The van der Waals surface area contributed by atoms with Gasteiger partial charge in [0, 0.05) is 43.2 Å². The zero-order valence-electron chi connectivity index (χ0n) is 13.4. The second-order valence-electron chi connectivity index (χ2n) is 6.19. The summed E-state index contributed by atoms with van der Waals surface area (Å²) in [4.78, 5) is 16.9. The molecule has 120 valence electrons. The van der Waals surface area contributed by atoms with Gasteiger partial charge in [-0.05, 0) is 43.7 Å². The fourth-order valence-corrected chi connectivity index (χ4v) is 3.36. The van der Waals surface area contributed by atoms with Gasteiger partial charge in [-0.1, -0.05) is 12.1 Å². The van der Waals surface area contributed by atoms with E-state index in [1.54, 1.807) is 0 Å². The van der Waals surface area contributed by atoms with Crippen LogP contribution in [0, 0.1) is 0 Å². The third kappa shape index (κ3) is 3.76. The molecule has 0 bridgehead atoms. The molecule has 1 aliphatic carbocycles. The van der Waals surface area contributed by atoms with Crippen LogP contribution in [0.4, 0.5) is 10.5 Å². The summed E-state index contributed by atoms with van der Waals surface area (Å²) in [7, 11) is 0. The molecule has 1 N–H and O–H groups in total. The molecule has 0 aromatic heterocycles. The van der Waals surface area contributed by atoms with Crippen LogP contribution in [0.2, 0.25) is 0 Å². The van der Waals surface area contributed by atoms with Crippen molar-refractivity contribution in [3.05, 3.63) is 29.8 Å². The summed E-state index contributed by atoms with van der Waals surface area (Å²) < 4.78 is 0. The molecule has 1 aromatic carbocycles. The summed E-state index contributed by atoms with van der Waals surface area (Å²) in [5.41, 5.74) is 2.15. The molecule has 0 spiro atoms. The van der Waals surface area contributed by atoms with Gasteiger partial charge in [0.1, 0.15) is 0 Å². The summed E-state index contributed by atoms with van der Waals surface area (Å²) in [5, 5.41) is 3.49. The Bertz CT molecular complexity index is 524. The topological polar surface area (TPSA) is 35.6 Å². The molecule has 2 aliphatic rings. The predicted molar refractivity (Wildman–Crippen MR) is 93.6 cm³/mol. The van der Waals surface area contributed by atoms with Crippen LogP contribution in [-0.2, 0) is 0 Å². The summed E-state index contributed by atoms with van der Waals surface area (Å²) in [6.45, 7) is 5.89. The maximum atomic E-state index is 12.4. The molecule has 1 heterocycles. The predicted octanol–water partition coefficient (Wildman–Crippen LogP) is 3.42. The highest BCUT2D eigenvalue weighted by molar-refractivity contribution is 7.98. The van der Waals surface area contributed by atoms with E-state index < -0.39 is 0 Å². The van der Waals surface area contributed by atoms with E-state index in [0.717, 1.165) is 37.9 Å². The number of nitrogens with zero attached hydrogens (tertiary/aromatic N) is 2. The van der Waals surface area contributed by atoms with Gasteiger partial charge in [-0.25, -0.2) is 4.79 Å². The van der Waals surface area contributed by atoms with Gasteiger partial charge in [0.2, 0.25) is 0 Å². The second-order valence-corrected chi connectivity index (χ2v) is 7.37. The highest BCUT2D eigenvalue weighted by Gasteiger charge is 2.32. The lowest BCUT2D eigenvalue weighted by Gasteiger charge is -2.34. The molecular formula is C17H25N3OS. The number of amides is 2. The van der Waals surface area contributed by atoms with Crippen molar-refractivity contribution in [1.29, 1.82) is 0 Å². The Hall–Kier alpha value is -1.20. The molecule has 4 nitrogen and oxygen atoms in total. The number of hydrogen-bond acceptors (Lipinski definition) is 3. The molecule has 2 amide bonds. The summed E-state index contributed by atoms with van der Waals surface area (Å²) in [6.07, 6.45) is 4.79. The number of thioether (sulfide) groups is 1. The van der Waals surface area contributed by atoms with E-state index in [1.165, 1.54) is 18.4 Å². The van der Waals surface area contributed by atoms with Crippen LogP contribution < -0.4 is 5.32 Å². The van der Waals surface area contributed by atoms with Crippen molar-refractivity contribution in [3.8, 4) is 0 Å². The monoisotopic (exact) mass is 319 g/mol. The Kier molecular flexibility index (Phi) is 4.93. The van der Waals surface area contributed by atoms with E-state index in [1.807, 2.05) is 28.8 Å². The molecular weight excluding hydrogens is 294 g/mol. The third-order valence-corrected chi connectivity index (χ3v) is 5.60. The first kappa shape index (κ1) is 15.7. The van der Waals surface area contributed by atoms with Gasteiger partial charge in [-0.3, -0.25) is 4.90 Å². The highest BCUT2D eigenvalue weighted by Crippen LogP contribution is 2.28. The van der Waals surface area contributed by atoms with Crippen LogP contribution in [0.15, 0.2) is 24.3 Å². The molecule has 2 fully saturated rings. The van der Waals surface area contributed by atoms with Crippen molar-refractivity contribution in [2.75, 3.05) is 37.8 Å².